The van der Waals surface area contributed by atoms with Crippen molar-refractivity contribution in [2.75, 3.05) is 36.8 Å². The Kier molecular flexibility index (Phi) is 3.43. The molecule has 0 aromatic carbocycles. The van der Waals surface area contributed by atoms with Gasteiger partial charge in [-0.15, -0.1) is 0 Å². The van der Waals surface area contributed by atoms with E-state index in [9.17, 15) is 4.79 Å². The summed E-state index contributed by atoms with van der Waals surface area (Å²) in [5, 5.41) is 4.12. The maximum absolute atomic E-state index is 12.4. The summed E-state index contributed by atoms with van der Waals surface area (Å²) in [4.78, 5) is 24.6. The molecule has 21 heavy (non-hydrogen) atoms. The minimum Gasteiger partial charge on any atom is -0.384 e. The van der Waals surface area contributed by atoms with Crippen molar-refractivity contribution >= 4 is 17.7 Å². The van der Waals surface area contributed by atoms with E-state index in [1.165, 1.54) is 4.68 Å². The quantitative estimate of drug-likeness (QED) is 0.819. The molecule has 0 radical (unpaired) electrons. The Balaban J connectivity index is 1.64. The molecule has 0 bridgehead atoms. The summed E-state index contributed by atoms with van der Waals surface area (Å²) in [5.74, 6) is 1.09. The van der Waals surface area contributed by atoms with Crippen LogP contribution in [0.15, 0.2) is 24.5 Å². The molecular formula is C13H17N7O. The van der Waals surface area contributed by atoms with Crippen molar-refractivity contribution in [1.29, 1.82) is 0 Å². The number of anilines is 2. The van der Waals surface area contributed by atoms with Crippen LogP contribution in [-0.2, 0) is 7.05 Å². The van der Waals surface area contributed by atoms with E-state index in [1.54, 1.807) is 36.5 Å². The topological polar surface area (TPSA) is 93.2 Å². The van der Waals surface area contributed by atoms with Gasteiger partial charge < -0.3 is 15.5 Å². The van der Waals surface area contributed by atoms with Gasteiger partial charge in [0.1, 0.15) is 5.82 Å². The minimum atomic E-state index is -0.0871. The number of hydrogen-bond donors (Lipinski definition) is 1. The van der Waals surface area contributed by atoms with E-state index < -0.39 is 0 Å². The van der Waals surface area contributed by atoms with Gasteiger partial charge in [-0.2, -0.15) is 5.10 Å². The lowest BCUT2D eigenvalue weighted by atomic mass is 10.3. The summed E-state index contributed by atoms with van der Waals surface area (Å²) < 4.78 is 1.50. The van der Waals surface area contributed by atoms with Crippen LogP contribution in [0.5, 0.6) is 0 Å². The molecule has 0 spiro atoms. The number of nitrogen functional groups attached to an aromatic ring is 1. The Bertz CT molecular complexity index is 612. The van der Waals surface area contributed by atoms with E-state index in [1.807, 2.05) is 0 Å². The lowest BCUT2D eigenvalue weighted by Crippen LogP contribution is -2.49. The van der Waals surface area contributed by atoms with Crippen LogP contribution in [0.1, 0.15) is 10.5 Å². The number of piperazine rings is 1. The first-order valence-electron chi connectivity index (χ1n) is 6.76. The number of aryl methyl sites for hydroxylation is 1. The van der Waals surface area contributed by atoms with Crippen LogP contribution in [0.25, 0.3) is 0 Å². The van der Waals surface area contributed by atoms with E-state index in [4.69, 9.17) is 5.73 Å². The maximum Gasteiger partial charge on any atom is 0.274 e. The summed E-state index contributed by atoms with van der Waals surface area (Å²) in [5.41, 5.74) is 6.10. The van der Waals surface area contributed by atoms with Crippen molar-refractivity contribution in [2.24, 2.45) is 7.05 Å². The summed E-state index contributed by atoms with van der Waals surface area (Å²) in [6, 6.07) is 3.39. The number of carbonyl (C=O) groups excluding carboxylic acids is 1. The molecule has 1 saturated heterocycles. The Morgan fingerprint density at radius 3 is 2.43 bits per heavy atom. The number of aromatic nitrogens is 4. The molecule has 0 saturated carbocycles. The molecule has 0 atom stereocenters. The Hall–Kier alpha value is -2.64. The van der Waals surface area contributed by atoms with Crippen LogP contribution in [0.2, 0.25) is 0 Å². The van der Waals surface area contributed by atoms with Crippen molar-refractivity contribution in [3.63, 3.8) is 0 Å². The van der Waals surface area contributed by atoms with Gasteiger partial charge >= 0.3 is 0 Å². The summed E-state index contributed by atoms with van der Waals surface area (Å²) in [7, 11) is 1.72. The molecule has 8 nitrogen and oxygen atoms in total. The molecule has 110 valence electrons. The third-order valence-corrected chi connectivity index (χ3v) is 3.54. The van der Waals surface area contributed by atoms with E-state index in [0.717, 1.165) is 0 Å². The third-order valence-electron chi connectivity index (χ3n) is 3.54. The largest absolute Gasteiger partial charge is 0.384 e. The number of hydrogen-bond acceptors (Lipinski definition) is 6. The maximum atomic E-state index is 12.4. The van der Waals surface area contributed by atoms with E-state index >= 15 is 0 Å². The lowest BCUT2D eigenvalue weighted by molar-refractivity contribution is 0.0739. The highest BCUT2D eigenvalue weighted by Gasteiger charge is 2.25. The first kappa shape index (κ1) is 13.3. The molecule has 0 unspecified atom stereocenters. The standard InChI is InChI=1S/C13H17N7O/c1-18-11(14)9-10(17-18)12(21)19-5-7-20(8-6-19)13-15-3-2-4-16-13/h2-4,9H,5-8,14H2,1H3. The van der Waals surface area contributed by atoms with Crippen LogP contribution in [0.4, 0.5) is 11.8 Å². The minimum absolute atomic E-state index is 0.0871. The highest BCUT2D eigenvalue weighted by Crippen LogP contribution is 2.13. The first-order valence-corrected chi connectivity index (χ1v) is 6.76. The van der Waals surface area contributed by atoms with Crippen molar-refractivity contribution in [3.05, 3.63) is 30.2 Å². The van der Waals surface area contributed by atoms with Gasteiger partial charge in [0.25, 0.3) is 5.91 Å². The fraction of sp³-hybridized carbons (Fsp3) is 0.385. The molecule has 2 N–H and O–H groups in total. The highest BCUT2D eigenvalue weighted by atomic mass is 16.2. The van der Waals surface area contributed by atoms with Crippen LogP contribution in [0.3, 0.4) is 0 Å². The van der Waals surface area contributed by atoms with E-state index in [-0.39, 0.29) is 5.91 Å². The smallest absolute Gasteiger partial charge is 0.274 e. The zero-order chi connectivity index (χ0) is 14.8. The van der Waals surface area contributed by atoms with Gasteiger partial charge in [0.05, 0.1) is 0 Å². The molecule has 1 aliphatic heterocycles. The van der Waals surface area contributed by atoms with Crippen molar-refractivity contribution in [2.45, 2.75) is 0 Å². The van der Waals surface area contributed by atoms with E-state index in [2.05, 4.69) is 20.0 Å². The normalized spacial score (nSPS) is 15.3. The fourth-order valence-electron chi connectivity index (χ4n) is 2.31. The molecule has 2 aromatic heterocycles. The number of amides is 1. The van der Waals surface area contributed by atoms with Gasteiger partial charge in [-0.05, 0) is 6.07 Å². The molecule has 8 heteroatoms. The van der Waals surface area contributed by atoms with Gasteiger partial charge in [0, 0.05) is 51.7 Å². The Labute approximate surface area is 122 Å². The first-order chi connectivity index (χ1) is 10.1. The van der Waals surface area contributed by atoms with E-state index in [0.29, 0.717) is 43.6 Å². The second-order valence-electron chi connectivity index (χ2n) is 4.91. The van der Waals surface area contributed by atoms with Crippen LogP contribution < -0.4 is 10.6 Å². The third kappa shape index (κ3) is 2.64. The fourth-order valence-corrected chi connectivity index (χ4v) is 2.31. The number of carbonyl (C=O) groups is 1. The SMILES string of the molecule is Cn1nc(C(=O)N2CCN(c3ncccn3)CC2)cc1N. The zero-order valence-electron chi connectivity index (χ0n) is 11.8. The molecule has 1 aliphatic rings. The molecule has 2 aromatic rings. The monoisotopic (exact) mass is 287 g/mol. The average Bonchev–Trinajstić information content (AvgIpc) is 2.87. The van der Waals surface area contributed by atoms with Crippen molar-refractivity contribution < 1.29 is 4.79 Å². The molecule has 0 aliphatic carbocycles. The predicted molar refractivity (Wildman–Crippen MR) is 77.8 cm³/mol. The summed E-state index contributed by atoms with van der Waals surface area (Å²) in [6.07, 6.45) is 3.44. The van der Waals surface area contributed by atoms with Gasteiger partial charge in [-0.25, -0.2) is 9.97 Å². The van der Waals surface area contributed by atoms with Gasteiger partial charge in [0.2, 0.25) is 5.95 Å². The van der Waals surface area contributed by atoms with Crippen LogP contribution >= 0.6 is 0 Å². The van der Waals surface area contributed by atoms with Crippen LogP contribution in [-0.4, -0.2) is 56.7 Å². The van der Waals surface area contributed by atoms with Gasteiger partial charge in [-0.3, -0.25) is 9.48 Å². The van der Waals surface area contributed by atoms with Gasteiger partial charge in [-0.1, -0.05) is 0 Å². The number of nitrogens with two attached hydrogens (primary N) is 1. The van der Waals surface area contributed by atoms with Crippen molar-refractivity contribution in [3.8, 4) is 0 Å². The Morgan fingerprint density at radius 1 is 1.19 bits per heavy atom. The zero-order valence-corrected chi connectivity index (χ0v) is 11.8. The highest BCUT2D eigenvalue weighted by molar-refractivity contribution is 5.93. The van der Waals surface area contributed by atoms with Crippen molar-refractivity contribution in [1.82, 2.24) is 24.6 Å². The predicted octanol–water partition coefficient (Wildman–Crippen LogP) is -0.245. The van der Waals surface area contributed by atoms with Gasteiger partial charge in [0.15, 0.2) is 5.69 Å². The molecule has 1 fully saturated rings. The lowest BCUT2D eigenvalue weighted by Gasteiger charge is -2.34. The molecule has 1 amide bonds. The summed E-state index contributed by atoms with van der Waals surface area (Å²) in [6.45, 7) is 2.65. The second kappa shape index (κ2) is 5.39. The average molecular weight is 287 g/mol. The molecule has 3 rings (SSSR count). The number of nitrogens with zero attached hydrogens (tertiary/aromatic N) is 6. The van der Waals surface area contributed by atoms with Crippen LogP contribution in [0, 0.1) is 0 Å². The Morgan fingerprint density at radius 2 is 1.86 bits per heavy atom. The number of rotatable bonds is 2. The summed E-state index contributed by atoms with van der Waals surface area (Å²) >= 11 is 0. The molecule has 3 heterocycles. The molecular weight excluding hydrogens is 270 g/mol. The second-order valence-corrected chi connectivity index (χ2v) is 4.91.